The van der Waals surface area contributed by atoms with Crippen LogP contribution in [0.2, 0.25) is 0 Å². The summed E-state index contributed by atoms with van der Waals surface area (Å²) in [6.45, 7) is 1.50. The number of nitrogens with one attached hydrogen (secondary N) is 1. The molecule has 2 aromatic carbocycles. The van der Waals surface area contributed by atoms with Crippen LogP contribution >= 0.6 is 0 Å². The summed E-state index contributed by atoms with van der Waals surface area (Å²) < 4.78 is 7.05. The molecule has 3 aromatic rings. The van der Waals surface area contributed by atoms with Crippen molar-refractivity contribution < 1.29 is 14.3 Å². The van der Waals surface area contributed by atoms with E-state index in [4.69, 9.17) is 4.74 Å². The number of carbonyl (C=O) groups excluding carboxylic acids is 2. The van der Waals surface area contributed by atoms with Crippen LogP contribution in [-0.2, 0) is 7.05 Å². The molecule has 0 radical (unpaired) electrons. The first kappa shape index (κ1) is 15.8. The van der Waals surface area contributed by atoms with Gasteiger partial charge in [0.15, 0.2) is 5.78 Å². The number of aromatic nitrogens is 1. The highest BCUT2D eigenvalue weighted by Crippen LogP contribution is 2.24. The van der Waals surface area contributed by atoms with E-state index in [1.807, 2.05) is 35.9 Å². The number of nitrogens with zero attached hydrogens (tertiary/aromatic N) is 1. The number of hydrogen-bond acceptors (Lipinski definition) is 3. The van der Waals surface area contributed by atoms with Gasteiger partial charge in [-0.15, -0.1) is 0 Å². The minimum atomic E-state index is -0.228. The molecular formula is C19H18N2O3. The Morgan fingerprint density at radius 1 is 1.08 bits per heavy atom. The van der Waals surface area contributed by atoms with E-state index in [0.717, 1.165) is 16.7 Å². The Morgan fingerprint density at radius 2 is 1.88 bits per heavy atom. The molecule has 0 saturated carbocycles. The molecule has 0 bridgehead atoms. The summed E-state index contributed by atoms with van der Waals surface area (Å²) in [5.41, 5.74) is 2.61. The molecule has 0 saturated heterocycles. The van der Waals surface area contributed by atoms with Crippen molar-refractivity contribution in [2.75, 3.05) is 12.4 Å². The largest absolute Gasteiger partial charge is 0.497 e. The molecule has 5 nitrogen and oxygen atoms in total. The van der Waals surface area contributed by atoms with Crippen LogP contribution < -0.4 is 10.1 Å². The molecule has 0 aliphatic rings. The Bertz CT molecular complexity index is 941. The first-order chi connectivity index (χ1) is 11.5. The van der Waals surface area contributed by atoms with Crippen molar-refractivity contribution in [2.45, 2.75) is 6.92 Å². The number of ether oxygens (including phenoxy) is 1. The van der Waals surface area contributed by atoms with Gasteiger partial charge < -0.3 is 14.6 Å². The number of Topliss-reactive ketones (excluding diaryl/α,β-unsaturated/α-hetero) is 1. The van der Waals surface area contributed by atoms with Gasteiger partial charge in [-0.25, -0.2) is 0 Å². The third kappa shape index (κ3) is 2.88. The van der Waals surface area contributed by atoms with Crippen LogP contribution in [0.5, 0.6) is 5.75 Å². The molecule has 1 amide bonds. The Morgan fingerprint density at radius 3 is 2.58 bits per heavy atom. The number of aryl methyl sites for hydroxylation is 1. The van der Waals surface area contributed by atoms with Gasteiger partial charge in [0.1, 0.15) is 11.4 Å². The second kappa shape index (κ2) is 6.20. The smallest absolute Gasteiger partial charge is 0.272 e. The fourth-order valence-corrected chi connectivity index (χ4v) is 2.67. The molecule has 1 heterocycles. The number of carbonyl (C=O) groups is 2. The number of amides is 1. The Labute approximate surface area is 139 Å². The van der Waals surface area contributed by atoms with E-state index in [9.17, 15) is 9.59 Å². The van der Waals surface area contributed by atoms with Crippen molar-refractivity contribution in [1.29, 1.82) is 0 Å². The minimum absolute atomic E-state index is 0.0391. The number of anilines is 1. The van der Waals surface area contributed by atoms with Gasteiger partial charge in [-0.1, -0.05) is 12.1 Å². The van der Waals surface area contributed by atoms with Gasteiger partial charge in [-0.3, -0.25) is 9.59 Å². The van der Waals surface area contributed by atoms with Gasteiger partial charge in [0.05, 0.1) is 12.6 Å². The maximum atomic E-state index is 12.6. The summed E-state index contributed by atoms with van der Waals surface area (Å²) in [5, 5.41) is 3.80. The average Bonchev–Trinajstić information content (AvgIpc) is 2.91. The number of hydrogen-bond donors (Lipinski definition) is 1. The van der Waals surface area contributed by atoms with Crippen LogP contribution in [0.4, 0.5) is 5.69 Å². The van der Waals surface area contributed by atoms with Crippen LogP contribution in [0.3, 0.4) is 0 Å². The lowest BCUT2D eigenvalue weighted by molar-refractivity contribution is 0.100. The fraction of sp³-hybridized carbons (Fsp3) is 0.158. The van der Waals surface area contributed by atoms with Crippen LogP contribution in [-0.4, -0.2) is 23.4 Å². The number of fused-ring (bicyclic) bond motifs is 1. The second-order valence-electron chi connectivity index (χ2n) is 5.60. The van der Waals surface area contributed by atoms with Gasteiger partial charge in [0, 0.05) is 29.8 Å². The van der Waals surface area contributed by atoms with Crippen molar-refractivity contribution in [3.8, 4) is 5.75 Å². The van der Waals surface area contributed by atoms with Crippen LogP contribution in [0.15, 0.2) is 48.5 Å². The quantitative estimate of drug-likeness (QED) is 0.746. The predicted octanol–water partition coefficient (Wildman–Crippen LogP) is 3.64. The fourth-order valence-electron chi connectivity index (χ4n) is 2.67. The SMILES string of the molecule is COc1ccc2cc(C(=O)Nc3cccc(C(C)=O)c3)n(C)c2c1. The topological polar surface area (TPSA) is 60.3 Å². The summed E-state index contributed by atoms with van der Waals surface area (Å²) in [7, 11) is 3.45. The Hall–Kier alpha value is -3.08. The van der Waals surface area contributed by atoms with E-state index >= 15 is 0 Å². The van der Waals surface area contributed by atoms with Gasteiger partial charge in [0.25, 0.3) is 5.91 Å². The zero-order chi connectivity index (χ0) is 17.3. The maximum absolute atomic E-state index is 12.6. The van der Waals surface area contributed by atoms with Gasteiger partial charge in [-0.2, -0.15) is 0 Å². The lowest BCUT2D eigenvalue weighted by atomic mass is 10.1. The molecule has 0 atom stereocenters. The van der Waals surface area contributed by atoms with Crippen molar-refractivity contribution >= 4 is 28.3 Å². The van der Waals surface area contributed by atoms with E-state index in [1.165, 1.54) is 6.92 Å². The molecule has 1 aromatic heterocycles. The van der Waals surface area contributed by atoms with Crippen molar-refractivity contribution in [1.82, 2.24) is 4.57 Å². The molecule has 24 heavy (non-hydrogen) atoms. The number of rotatable bonds is 4. The van der Waals surface area contributed by atoms with E-state index in [2.05, 4.69) is 5.32 Å². The van der Waals surface area contributed by atoms with Crippen molar-refractivity contribution in [2.24, 2.45) is 7.05 Å². The summed E-state index contributed by atoms with van der Waals surface area (Å²) in [6, 6.07) is 14.4. The average molecular weight is 322 g/mol. The Kier molecular flexibility index (Phi) is 4.08. The molecular weight excluding hydrogens is 304 g/mol. The third-order valence-electron chi connectivity index (χ3n) is 4.01. The second-order valence-corrected chi connectivity index (χ2v) is 5.60. The molecule has 0 unspecified atom stereocenters. The Balaban J connectivity index is 1.93. The molecule has 0 aliphatic heterocycles. The van der Waals surface area contributed by atoms with E-state index in [1.54, 1.807) is 31.4 Å². The zero-order valence-electron chi connectivity index (χ0n) is 13.8. The molecule has 0 aliphatic carbocycles. The highest BCUT2D eigenvalue weighted by molar-refractivity contribution is 6.07. The first-order valence-electron chi connectivity index (χ1n) is 7.55. The molecule has 1 N–H and O–H groups in total. The highest BCUT2D eigenvalue weighted by Gasteiger charge is 2.14. The summed E-state index contributed by atoms with van der Waals surface area (Å²) in [4.78, 5) is 24.0. The zero-order valence-corrected chi connectivity index (χ0v) is 13.8. The number of methoxy groups -OCH3 is 1. The standard InChI is InChI=1S/C19H18N2O3/c1-12(22)13-5-4-6-15(9-13)20-19(23)18-10-14-7-8-16(24-3)11-17(14)21(18)2/h4-11H,1-3H3,(H,20,23). The van der Waals surface area contributed by atoms with E-state index in [-0.39, 0.29) is 11.7 Å². The molecule has 122 valence electrons. The highest BCUT2D eigenvalue weighted by atomic mass is 16.5. The van der Waals surface area contributed by atoms with E-state index < -0.39 is 0 Å². The molecule has 0 spiro atoms. The lowest BCUT2D eigenvalue weighted by Crippen LogP contribution is -2.15. The van der Waals surface area contributed by atoms with Crippen molar-refractivity contribution in [3.05, 3.63) is 59.8 Å². The maximum Gasteiger partial charge on any atom is 0.272 e. The summed E-state index contributed by atoms with van der Waals surface area (Å²) in [6.07, 6.45) is 0. The van der Waals surface area contributed by atoms with E-state index in [0.29, 0.717) is 16.9 Å². The first-order valence-corrected chi connectivity index (χ1v) is 7.55. The molecule has 3 rings (SSSR count). The lowest BCUT2D eigenvalue weighted by Gasteiger charge is -2.08. The minimum Gasteiger partial charge on any atom is -0.497 e. The third-order valence-corrected chi connectivity index (χ3v) is 4.01. The van der Waals surface area contributed by atoms with Gasteiger partial charge in [0.2, 0.25) is 0 Å². The molecule has 0 fully saturated rings. The summed E-state index contributed by atoms with van der Waals surface area (Å²) in [5.74, 6) is 0.473. The van der Waals surface area contributed by atoms with Gasteiger partial charge >= 0.3 is 0 Å². The monoisotopic (exact) mass is 322 g/mol. The van der Waals surface area contributed by atoms with Crippen LogP contribution in [0.25, 0.3) is 10.9 Å². The number of benzene rings is 2. The molecule has 5 heteroatoms. The van der Waals surface area contributed by atoms with Crippen LogP contribution in [0, 0.1) is 0 Å². The van der Waals surface area contributed by atoms with Gasteiger partial charge in [-0.05, 0) is 37.3 Å². The van der Waals surface area contributed by atoms with Crippen LogP contribution in [0.1, 0.15) is 27.8 Å². The summed E-state index contributed by atoms with van der Waals surface area (Å²) >= 11 is 0. The normalized spacial score (nSPS) is 10.6. The predicted molar refractivity (Wildman–Crippen MR) is 93.9 cm³/mol. The number of ketones is 1. The van der Waals surface area contributed by atoms with Crippen molar-refractivity contribution in [3.63, 3.8) is 0 Å².